The number of aliphatic carboxylic acids is 2. The van der Waals surface area contributed by atoms with Crippen LogP contribution in [0.15, 0.2) is 24.3 Å². The molecule has 6 heteroatoms. The summed E-state index contributed by atoms with van der Waals surface area (Å²) in [5.74, 6) is -3.11. The summed E-state index contributed by atoms with van der Waals surface area (Å²) in [6.07, 6.45) is 0.118. The van der Waals surface area contributed by atoms with E-state index in [0.29, 0.717) is 5.56 Å². The van der Waals surface area contributed by atoms with Crippen LogP contribution in [0.3, 0.4) is 0 Å². The highest BCUT2D eigenvalue weighted by molar-refractivity contribution is 5.97. The Morgan fingerprint density at radius 1 is 1.25 bits per heavy atom. The Bertz CT molecular complexity index is 526. The Morgan fingerprint density at radius 3 is 2.40 bits per heavy atom. The molecule has 1 aromatic rings. The van der Waals surface area contributed by atoms with Crippen molar-refractivity contribution in [3.63, 3.8) is 0 Å². The van der Waals surface area contributed by atoms with E-state index in [1.165, 1.54) is 7.05 Å². The Balaban J connectivity index is 2.98. The molecule has 0 aliphatic rings. The van der Waals surface area contributed by atoms with E-state index >= 15 is 0 Å². The Labute approximate surface area is 116 Å². The first-order valence-corrected chi connectivity index (χ1v) is 6.17. The normalized spacial score (nSPS) is 11.7. The summed E-state index contributed by atoms with van der Waals surface area (Å²) >= 11 is 0. The molecule has 20 heavy (non-hydrogen) atoms. The van der Waals surface area contributed by atoms with Gasteiger partial charge in [-0.25, -0.2) is 4.79 Å². The van der Waals surface area contributed by atoms with Crippen molar-refractivity contribution >= 4 is 17.8 Å². The molecular weight excluding hydrogens is 262 g/mol. The molecule has 1 aromatic carbocycles. The number of hydrogen-bond acceptors (Lipinski definition) is 3. The number of benzene rings is 1. The first-order chi connectivity index (χ1) is 9.36. The van der Waals surface area contributed by atoms with Gasteiger partial charge in [0.2, 0.25) is 0 Å². The zero-order valence-corrected chi connectivity index (χ0v) is 11.4. The van der Waals surface area contributed by atoms with Crippen LogP contribution in [0.4, 0.5) is 0 Å². The summed E-state index contributed by atoms with van der Waals surface area (Å²) in [5.41, 5.74) is 1.30. The third-order valence-corrected chi connectivity index (χ3v) is 3.02. The molecule has 0 spiro atoms. The van der Waals surface area contributed by atoms with Crippen molar-refractivity contribution in [1.29, 1.82) is 0 Å². The maximum Gasteiger partial charge on any atom is 0.327 e. The number of carbonyl (C=O) groups is 3. The lowest BCUT2D eigenvalue weighted by atomic mass is 10.1. The molecule has 0 aromatic heterocycles. The van der Waals surface area contributed by atoms with Crippen LogP contribution in [0, 0.1) is 0 Å². The summed E-state index contributed by atoms with van der Waals surface area (Å²) in [7, 11) is 1.29. The molecule has 6 nitrogen and oxygen atoms in total. The topological polar surface area (TPSA) is 94.9 Å². The van der Waals surface area contributed by atoms with E-state index in [1.54, 1.807) is 18.2 Å². The number of nitrogens with zero attached hydrogens (tertiary/aromatic N) is 1. The standard InChI is InChI=1S/C14H17NO5/c1-3-9-5-4-6-10(7-9)13(18)15(2)11(14(19)20)8-12(16)17/h4-7,11H,3,8H2,1-2H3,(H,16,17)(H,19,20)/t11-/m0/s1. The van der Waals surface area contributed by atoms with E-state index in [1.807, 2.05) is 13.0 Å². The second kappa shape index (κ2) is 6.70. The maximum atomic E-state index is 12.2. The number of hydrogen-bond donors (Lipinski definition) is 2. The molecule has 0 aliphatic heterocycles. The lowest BCUT2D eigenvalue weighted by molar-refractivity contribution is -0.148. The van der Waals surface area contributed by atoms with E-state index in [0.717, 1.165) is 16.9 Å². The zero-order valence-electron chi connectivity index (χ0n) is 11.4. The van der Waals surface area contributed by atoms with Crippen LogP contribution < -0.4 is 0 Å². The van der Waals surface area contributed by atoms with Gasteiger partial charge >= 0.3 is 11.9 Å². The Kier molecular flexibility index (Phi) is 5.25. The average Bonchev–Trinajstić information content (AvgIpc) is 2.42. The van der Waals surface area contributed by atoms with Crippen LogP contribution >= 0.6 is 0 Å². The first-order valence-electron chi connectivity index (χ1n) is 6.17. The van der Waals surface area contributed by atoms with Crippen molar-refractivity contribution in [2.24, 2.45) is 0 Å². The van der Waals surface area contributed by atoms with Crippen LogP contribution in [0.1, 0.15) is 29.3 Å². The highest BCUT2D eigenvalue weighted by Crippen LogP contribution is 2.12. The minimum Gasteiger partial charge on any atom is -0.481 e. The van der Waals surface area contributed by atoms with Crippen LogP contribution in [-0.2, 0) is 16.0 Å². The van der Waals surface area contributed by atoms with Crippen LogP contribution in [0.5, 0.6) is 0 Å². The molecule has 0 aliphatic carbocycles. The molecule has 1 amide bonds. The van der Waals surface area contributed by atoms with E-state index in [-0.39, 0.29) is 0 Å². The van der Waals surface area contributed by atoms with E-state index < -0.39 is 30.3 Å². The maximum absolute atomic E-state index is 12.2. The zero-order chi connectivity index (χ0) is 15.3. The molecule has 0 heterocycles. The van der Waals surface area contributed by atoms with Gasteiger partial charge in [0.15, 0.2) is 0 Å². The van der Waals surface area contributed by atoms with Gasteiger partial charge in [-0.15, -0.1) is 0 Å². The molecule has 1 atom stereocenters. The number of carboxylic acids is 2. The van der Waals surface area contributed by atoms with E-state index in [4.69, 9.17) is 10.2 Å². The number of rotatable bonds is 6. The van der Waals surface area contributed by atoms with Gasteiger partial charge in [0.25, 0.3) is 5.91 Å². The lowest BCUT2D eigenvalue weighted by Gasteiger charge is -2.23. The molecule has 0 radical (unpaired) electrons. The molecule has 2 N–H and O–H groups in total. The van der Waals surface area contributed by atoms with Gasteiger partial charge in [-0.1, -0.05) is 19.1 Å². The fourth-order valence-corrected chi connectivity index (χ4v) is 1.82. The highest BCUT2D eigenvalue weighted by Gasteiger charge is 2.29. The van der Waals surface area contributed by atoms with Gasteiger partial charge in [0, 0.05) is 12.6 Å². The molecule has 0 unspecified atom stereocenters. The largest absolute Gasteiger partial charge is 0.481 e. The van der Waals surface area contributed by atoms with E-state index in [2.05, 4.69) is 0 Å². The predicted molar refractivity (Wildman–Crippen MR) is 71.6 cm³/mol. The van der Waals surface area contributed by atoms with Crippen molar-refractivity contribution in [3.8, 4) is 0 Å². The summed E-state index contributed by atoms with van der Waals surface area (Å²) in [5, 5.41) is 17.7. The third kappa shape index (κ3) is 3.81. The van der Waals surface area contributed by atoms with Gasteiger partial charge in [-0.2, -0.15) is 0 Å². The summed E-state index contributed by atoms with van der Waals surface area (Å²) in [6.45, 7) is 1.94. The van der Waals surface area contributed by atoms with Crippen LogP contribution in [0.25, 0.3) is 0 Å². The van der Waals surface area contributed by atoms with E-state index in [9.17, 15) is 14.4 Å². The van der Waals surface area contributed by atoms with Gasteiger partial charge in [0.1, 0.15) is 6.04 Å². The van der Waals surface area contributed by atoms with Gasteiger partial charge in [0.05, 0.1) is 6.42 Å². The molecule has 0 saturated heterocycles. The molecule has 108 valence electrons. The minimum atomic E-state index is -1.38. The number of amides is 1. The molecule has 1 rings (SSSR count). The number of aryl methyl sites for hydroxylation is 1. The minimum absolute atomic E-state index is 0.350. The predicted octanol–water partition coefficient (Wildman–Crippen LogP) is 1.25. The first kappa shape index (κ1) is 15.7. The van der Waals surface area contributed by atoms with Crippen molar-refractivity contribution in [2.45, 2.75) is 25.8 Å². The van der Waals surface area contributed by atoms with Crippen molar-refractivity contribution in [2.75, 3.05) is 7.05 Å². The Morgan fingerprint density at radius 2 is 1.90 bits per heavy atom. The summed E-state index contributed by atoms with van der Waals surface area (Å²) in [4.78, 5) is 34.9. The highest BCUT2D eigenvalue weighted by atomic mass is 16.4. The van der Waals surface area contributed by atoms with Crippen molar-refractivity contribution in [3.05, 3.63) is 35.4 Å². The SMILES string of the molecule is CCc1cccc(C(=O)N(C)[C@@H](CC(=O)O)C(=O)O)c1. The fraction of sp³-hybridized carbons (Fsp3) is 0.357. The quantitative estimate of drug-likeness (QED) is 0.817. The second-order valence-electron chi connectivity index (χ2n) is 4.42. The number of likely N-dealkylation sites (N-methyl/N-ethyl adjacent to an activating group) is 1. The van der Waals surface area contributed by atoms with Crippen LogP contribution in [-0.4, -0.2) is 46.0 Å². The summed E-state index contributed by atoms with van der Waals surface area (Å²) < 4.78 is 0. The molecular formula is C14H17NO5. The van der Waals surface area contributed by atoms with Gasteiger partial charge in [-0.05, 0) is 24.1 Å². The smallest absolute Gasteiger partial charge is 0.327 e. The lowest BCUT2D eigenvalue weighted by Crippen LogP contribution is -2.43. The summed E-state index contributed by atoms with van der Waals surface area (Å²) in [6, 6.07) is 5.46. The van der Waals surface area contributed by atoms with Gasteiger partial charge in [-0.3, -0.25) is 9.59 Å². The third-order valence-electron chi connectivity index (χ3n) is 3.02. The van der Waals surface area contributed by atoms with Crippen LogP contribution in [0.2, 0.25) is 0 Å². The Hall–Kier alpha value is -2.37. The second-order valence-corrected chi connectivity index (χ2v) is 4.42. The number of carboxylic acid groups (broad SMARTS) is 2. The van der Waals surface area contributed by atoms with Crippen molar-refractivity contribution < 1.29 is 24.6 Å². The van der Waals surface area contributed by atoms with Gasteiger partial charge < -0.3 is 15.1 Å². The average molecular weight is 279 g/mol. The molecule has 0 bridgehead atoms. The van der Waals surface area contributed by atoms with Crippen molar-refractivity contribution in [1.82, 2.24) is 4.90 Å². The monoisotopic (exact) mass is 279 g/mol. The molecule has 0 saturated carbocycles. The number of carbonyl (C=O) groups excluding carboxylic acids is 1. The molecule has 0 fully saturated rings. The fourth-order valence-electron chi connectivity index (χ4n) is 1.82.